The van der Waals surface area contributed by atoms with Crippen molar-refractivity contribution in [1.82, 2.24) is 9.78 Å². The molecule has 1 unspecified atom stereocenters. The zero-order valence-corrected chi connectivity index (χ0v) is 11.7. The summed E-state index contributed by atoms with van der Waals surface area (Å²) in [5.41, 5.74) is 3.48. The molecule has 0 saturated heterocycles. The van der Waals surface area contributed by atoms with E-state index in [1.54, 1.807) is 0 Å². The van der Waals surface area contributed by atoms with Gasteiger partial charge in [0, 0.05) is 25.1 Å². The summed E-state index contributed by atoms with van der Waals surface area (Å²) in [6, 6.07) is 0. The summed E-state index contributed by atoms with van der Waals surface area (Å²) in [7, 11) is 1.95. The normalized spacial score (nSPS) is 12.8. The highest BCUT2D eigenvalue weighted by atomic mass is 16.1. The third kappa shape index (κ3) is 3.42. The molecule has 96 valence electrons. The average Bonchev–Trinajstić information content (AvgIpc) is 2.51. The topological polar surface area (TPSA) is 34.9 Å². The maximum atomic E-state index is 11.9. The number of ketones is 1. The fourth-order valence-corrected chi connectivity index (χ4v) is 2.27. The SMILES string of the molecule is CCCC(C)C(=O)CCc1c(C)nn(C)c1C. The Morgan fingerprint density at radius 2 is 2.06 bits per heavy atom. The standard InChI is InChI=1S/C14H24N2O/c1-6-7-10(2)14(17)9-8-13-11(3)15-16(5)12(13)4/h10H,6-9H2,1-5H3. The fourth-order valence-electron chi connectivity index (χ4n) is 2.27. The van der Waals surface area contributed by atoms with Gasteiger partial charge >= 0.3 is 0 Å². The number of carbonyl (C=O) groups excluding carboxylic acids is 1. The van der Waals surface area contributed by atoms with Crippen LogP contribution in [0.2, 0.25) is 0 Å². The van der Waals surface area contributed by atoms with Crippen molar-refractivity contribution < 1.29 is 4.79 Å². The lowest BCUT2D eigenvalue weighted by Crippen LogP contribution is -2.11. The van der Waals surface area contributed by atoms with Crippen LogP contribution >= 0.6 is 0 Å². The van der Waals surface area contributed by atoms with Crippen LogP contribution in [0.4, 0.5) is 0 Å². The molecule has 0 N–H and O–H groups in total. The number of nitrogens with zero attached hydrogens (tertiary/aromatic N) is 2. The predicted octanol–water partition coefficient (Wildman–Crippen LogP) is 2.97. The third-order valence-corrected chi connectivity index (χ3v) is 3.55. The molecule has 3 nitrogen and oxygen atoms in total. The van der Waals surface area contributed by atoms with Gasteiger partial charge in [0.1, 0.15) is 5.78 Å². The summed E-state index contributed by atoms with van der Waals surface area (Å²) in [5, 5.41) is 4.38. The van der Waals surface area contributed by atoms with Gasteiger partial charge in [-0.1, -0.05) is 20.3 Å². The summed E-state index contributed by atoms with van der Waals surface area (Å²) in [5.74, 6) is 0.590. The van der Waals surface area contributed by atoms with Crippen molar-refractivity contribution >= 4 is 5.78 Å². The van der Waals surface area contributed by atoms with Gasteiger partial charge < -0.3 is 0 Å². The first-order chi connectivity index (χ1) is 7.97. The Bertz CT molecular complexity index is 393. The van der Waals surface area contributed by atoms with Crippen molar-refractivity contribution in [3.05, 3.63) is 17.0 Å². The minimum Gasteiger partial charge on any atom is -0.299 e. The Balaban J connectivity index is 2.58. The summed E-state index contributed by atoms with van der Waals surface area (Å²) in [4.78, 5) is 11.9. The van der Waals surface area contributed by atoms with Crippen LogP contribution in [0.3, 0.4) is 0 Å². The molecular weight excluding hydrogens is 212 g/mol. The highest BCUT2D eigenvalue weighted by Gasteiger charge is 2.15. The van der Waals surface area contributed by atoms with Gasteiger partial charge in [0.25, 0.3) is 0 Å². The van der Waals surface area contributed by atoms with E-state index in [2.05, 4.69) is 18.9 Å². The molecule has 0 fully saturated rings. The summed E-state index contributed by atoms with van der Waals surface area (Å²) >= 11 is 0. The van der Waals surface area contributed by atoms with Gasteiger partial charge in [-0.3, -0.25) is 9.48 Å². The van der Waals surface area contributed by atoms with Crippen LogP contribution in [0.1, 0.15) is 50.1 Å². The first-order valence-corrected chi connectivity index (χ1v) is 6.49. The zero-order valence-electron chi connectivity index (χ0n) is 11.7. The van der Waals surface area contributed by atoms with Gasteiger partial charge in [-0.25, -0.2) is 0 Å². The number of rotatable bonds is 6. The Hall–Kier alpha value is -1.12. The van der Waals surface area contributed by atoms with E-state index >= 15 is 0 Å². The molecule has 1 heterocycles. The predicted molar refractivity (Wildman–Crippen MR) is 70.1 cm³/mol. The van der Waals surface area contributed by atoms with Crippen molar-refractivity contribution in [3.63, 3.8) is 0 Å². The Morgan fingerprint density at radius 1 is 1.41 bits per heavy atom. The highest BCUT2D eigenvalue weighted by molar-refractivity contribution is 5.80. The zero-order chi connectivity index (χ0) is 13.0. The molecular formula is C14H24N2O. The van der Waals surface area contributed by atoms with E-state index in [1.807, 2.05) is 25.6 Å². The number of carbonyl (C=O) groups is 1. The first-order valence-electron chi connectivity index (χ1n) is 6.49. The van der Waals surface area contributed by atoms with Gasteiger partial charge in [0.2, 0.25) is 0 Å². The molecule has 0 aliphatic rings. The van der Waals surface area contributed by atoms with Crippen molar-refractivity contribution in [1.29, 1.82) is 0 Å². The molecule has 0 saturated carbocycles. The third-order valence-electron chi connectivity index (χ3n) is 3.55. The van der Waals surface area contributed by atoms with E-state index in [0.717, 1.165) is 25.0 Å². The van der Waals surface area contributed by atoms with Crippen LogP contribution < -0.4 is 0 Å². The second-order valence-electron chi connectivity index (χ2n) is 4.93. The molecule has 0 amide bonds. The van der Waals surface area contributed by atoms with Gasteiger partial charge in [0.05, 0.1) is 5.69 Å². The van der Waals surface area contributed by atoms with Crippen LogP contribution in [0.5, 0.6) is 0 Å². The van der Waals surface area contributed by atoms with Crippen molar-refractivity contribution in [2.24, 2.45) is 13.0 Å². The Kier molecular flexibility index (Phi) is 4.91. The second-order valence-corrected chi connectivity index (χ2v) is 4.93. The quantitative estimate of drug-likeness (QED) is 0.761. The monoisotopic (exact) mass is 236 g/mol. The Labute approximate surface area is 104 Å². The molecule has 1 rings (SSSR count). The molecule has 1 atom stereocenters. The summed E-state index contributed by atoms with van der Waals surface area (Å²) in [6.45, 7) is 8.24. The van der Waals surface area contributed by atoms with E-state index in [-0.39, 0.29) is 5.92 Å². The largest absolute Gasteiger partial charge is 0.299 e. The van der Waals surface area contributed by atoms with Gasteiger partial charge in [-0.15, -0.1) is 0 Å². The minimum absolute atomic E-state index is 0.206. The van der Waals surface area contributed by atoms with Crippen LogP contribution in [0.25, 0.3) is 0 Å². The van der Waals surface area contributed by atoms with E-state index in [0.29, 0.717) is 12.2 Å². The van der Waals surface area contributed by atoms with Crippen LogP contribution in [-0.4, -0.2) is 15.6 Å². The van der Waals surface area contributed by atoms with E-state index < -0.39 is 0 Å². The molecule has 0 aromatic carbocycles. The lowest BCUT2D eigenvalue weighted by molar-refractivity contribution is -0.122. The fraction of sp³-hybridized carbons (Fsp3) is 0.714. The van der Waals surface area contributed by atoms with Crippen molar-refractivity contribution in [3.8, 4) is 0 Å². The molecule has 0 aliphatic carbocycles. The summed E-state index contributed by atoms with van der Waals surface area (Å²) < 4.78 is 1.89. The molecule has 1 aromatic rings. The van der Waals surface area contributed by atoms with Crippen molar-refractivity contribution in [2.75, 3.05) is 0 Å². The lowest BCUT2D eigenvalue weighted by Gasteiger charge is -2.08. The number of aryl methyl sites for hydroxylation is 2. The number of Topliss-reactive ketones (excluding diaryl/α,β-unsaturated/α-hetero) is 1. The van der Waals surface area contributed by atoms with Crippen LogP contribution in [0, 0.1) is 19.8 Å². The maximum absolute atomic E-state index is 11.9. The molecule has 0 spiro atoms. The molecule has 0 radical (unpaired) electrons. The van der Waals surface area contributed by atoms with Gasteiger partial charge in [0.15, 0.2) is 0 Å². The number of hydrogen-bond donors (Lipinski definition) is 0. The molecule has 1 aromatic heterocycles. The average molecular weight is 236 g/mol. The molecule has 17 heavy (non-hydrogen) atoms. The lowest BCUT2D eigenvalue weighted by atomic mass is 9.95. The molecule has 0 aliphatic heterocycles. The highest BCUT2D eigenvalue weighted by Crippen LogP contribution is 2.16. The van der Waals surface area contributed by atoms with Gasteiger partial charge in [-0.2, -0.15) is 5.10 Å². The molecule has 0 bridgehead atoms. The number of hydrogen-bond acceptors (Lipinski definition) is 2. The van der Waals surface area contributed by atoms with Crippen molar-refractivity contribution in [2.45, 2.75) is 53.4 Å². The smallest absolute Gasteiger partial charge is 0.136 e. The maximum Gasteiger partial charge on any atom is 0.136 e. The van der Waals surface area contributed by atoms with Gasteiger partial charge in [-0.05, 0) is 32.3 Å². The van der Waals surface area contributed by atoms with E-state index in [9.17, 15) is 4.79 Å². The first kappa shape index (κ1) is 13.9. The minimum atomic E-state index is 0.206. The molecule has 3 heteroatoms. The summed E-state index contributed by atoms with van der Waals surface area (Å²) in [6.07, 6.45) is 3.56. The van der Waals surface area contributed by atoms with Crippen LogP contribution in [-0.2, 0) is 18.3 Å². The van der Waals surface area contributed by atoms with E-state index in [4.69, 9.17) is 0 Å². The van der Waals surface area contributed by atoms with Crippen LogP contribution in [0.15, 0.2) is 0 Å². The van der Waals surface area contributed by atoms with E-state index in [1.165, 1.54) is 11.3 Å². The Morgan fingerprint density at radius 3 is 2.53 bits per heavy atom. The second kappa shape index (κ2) is 5.99. The number of aromatic nitrogens is 2.